The molecule has 1 atom stereocenters. The number of nitrogens with zero attached hydrogens (tertiary/aromatic N) is 2. The van der Waals surface area contributed by atoms with E-state index in [1.54, 1.807) is 18.1 Å². The van der Waals surface area contributed by atoms with Crippen molar-refractivity contribution < 1.29 is 24.0 Å². The van der Waals surface area contributed by atoms with Gasteiger partial charge >= 0.3 is 5.97 Å². The maximum Gasteiger partial charge on any atom is 0.305 e. The maximum absolute atomic E-state index is 11.8. The zero-order valence-corrected chi connectivity index (χ0v) is 11.2. The number of aromatic nitrogens is 1. The van der Waals surface area contributed by atoms with Gasteiger partial charge in [-0.2, -0.15) is 0 Å². The van der Waals surface area contributed by atoms with Gasteiger partial charge in [0.15, 0.2) is 5.76 Å². The van der Waals surface area contributed by atoms with Crippen LogP contribution in [0.1, 0.15) is 17.9 Å². The van der Waals surface area contributed by atoms with Crippen molar-refractivity contribution in [2.75, 3.05) is 20.2 Å². The van der Waals surface area contributed by atoms with Gasteiger partial charge in [0.2, 0.25) is 5.91 Å². The van der Waals surface area contributed by atoms with Crippen LogP contribution in [0, 0.1) is 0 Å². The van der Waals surface area contributed by atoms with Crippen molar-refractivity contribution in [3.05, 3.63) is 17.5 Å². The number of hydrogen-bond acceptors (Lipinski definition) is 6. The number of aliphatic carboxylic acids is 1. The fraction of sp³-hybridized carbons (Fsp3) is 0.583. The Bertz CT molecular complexity index is 487. The molecule has 1 aliphatic heterocycles. The second-order valence-electron chi connectivity index (χ2n) is 4.59. The molecule has 1 unspecified atom stereocenters. The Labute approximate surface area is 115 Å². The molecule has 1 amide bonds. The summed E-state index contributed by atoms with van der Waals surface area (Å²) in [5.74, 6) is -0.671. The molecule has 2 rings (SSSR count). The highest BCUT2D eigenvalue weighted by atomic mass is 16.5. The number of nitrogens with one attached hydrogen (secondary N) is 1. The molecule has 0 saturated carbocycles. The third-order valence-corrected chi connectivity index (χ3v) is 3.07. The van der Waals surface area contributed by atoms with Gasteiger partial charge in [0.1, 0.15) is 12.6 Å². The number of ether oxygens (including phenoxy) is 1. The summed E-state index contributed by atoms with van der Waals surface area (Å²) in [7, 11) is 1.56. The second-order valence-corrected chi connectivity index (χ2v) is 4.59. The molecule has 1 aromatic heterocycles. The molecule has 8 heteroatoms. The summed E-state index contributed by atoms with van der Waals surface area (Å²) in [5.41, 5.74) is 0.655. The summed E-state index contributed by atoms with van der Waals surface area (Å²) in [6, 6.07) is 1.07. The number of amides is 1. The van der Waals surface area contributed by atoms with Crippen LogP contribution in [0.2, 0.25) is 0 Å². The molecule has 1 fully saturated rings. The molecule has 0 aliphatic carbocycles. The van der Waals surface area contributed by atoms with Crippen LogP contribution >= 0.6 is 0 Å². The first-order valence-electron chi connectivity index (χ1n) is 6.27. The van der Waals surface area contributed by atoms with Crippen molar-refractivity contribution in [1.29, 1.82) is 0 Å². The Morgan fingerprint density at radius 1 is 1.70 bits per heavy atom. The molecule has 0 aromatic carbocycles. The van der Waals surface area contributed by atoms with Crippen LogP contribution < -0.4 is 5.32 Å². The Morgan fingerprint density at radius 3 is 3.20 bits per heavy atom. The predicted octanol–water partition coefficient (Wildman–Crippen LogP) is -0.404. The number of carboxylic acids is 1. The standard InChI is InChI=1S/C12H17N3O5/c1-19-7-9-4-8(14-20-9)6-15-3-2-13-12(18)10(15)5-11(16)17/h4,10H,2-3,5-7H2,1H3,(H,13,18)(H,16,17). The van der Waals surface area contributed by atoms with E-state index in [0.29, 0.717) is 37.7 Å². The van der Waals surface area contributed by atoms with Crippen molar-refractivity contribution >= 4 is 11.9 Å². The van der Waals surface area contributed by atoms with Crippen LogP contribution in [0.4, 0.5) is 0 Å². The molecule has 0 spiro atoms. The molecule has 110 valence electrons. The van der Waals surface area contributed by atoms with Crippen molar-refractivity contribution in [1.82, 2.24) is 15.4 Å². The van der Waals surface area contributed by atoms with Crippen LogP contribution in [0.3, 0.4) is 0 Å². The number of carbonyl (C=O) groups is 2. The molecule has 8 nitrogen and oxygen atoms in total. The first-order chi connectivity index (χ1) is 9.60. The normalized spacial score (nSPS) is 19.9. The van der Waals surface area contributed by atoms with Gasteiger partial charge in [-0.05, 0) is 0 Å². The summed E-state index contributed by atoms with van der Waals surface area (Å²) in [5, 5.41) is 15.4. The topological polar surface area (TPSA) is 105 Å². The number of methoxy groups -OCH3 is 1. The Morgan fingerprint density at radius 2 is 2.50 bits per heavy atom. The maximum atomic E-state index is 11.8. The van der Waals surface area contributed by atoms with E-state index in [4.69, 9.17) is 14.4 Å². The van der Waals surface area contributed by atoms with Crippen molar-refractivity contribution in [3.63, 3.8) is 0 Å². The number of hydrogen-bond donors (Lipinski definition) is 2. The fourth-order valence-corrected chi connectivity index (χ4v) is 2.19. The lowest BCUT2D eigenvalue weighted by Crippen LogP contribution is -2.55. The Kier molecular flexibility index (Phi) is 4.70. The van der Waals surface area contributed by atoms with Gasteiger partial charge in [-0.15, -0.1) is 0 Å². The van der Waals surface area contributed by atoms with E-state index in [9.17, 15) is 9.59 Å². The predicted molar refractivity (Wildman–Crippen MR) is 66.7 cm³/mol. The molecule has 1 aliphatic rings. The van der Waals surface area contributed by atoms with Crippen molar-refractivity contribution in [3.8, 4) is 0 Å². The molecule has 1 saturated heterocycles. The minimum atomic E-state index is -1.00. The monoisotopic (exact) mass is 283 g/mol. The minimum Gasteiger partial charge on any atom is -0.481 e. The average molecular weight is 283 g/mol. The largest absolute Gasteiger partial charge is 0.481 e. The van der Waals surface area contributed by atoms with Gasteiger partial charge in [0, 0.05) is 32.8 Å². The lowest BCUT2D eigenvalue weighted by atomic mass is 10.1. The van der Waals surface area contributed by atoms with E-state index in [1.165, 1.54) is 0 Å². The van der Waals surface area contributed by atoms with Crippen LogP contribution in [0.15, 0.2) is 10.6 Å². The summed E-state index contributed by atoms with van der Waals surface area (Å²) < 4.78 is 10.0. The van der Waals surface area contributed by atoms with Gasteiger partial charge in [0.25, 0.3) is 0 Å². The summed E-state index contributed by atoms with van der Waals surface area (Å²) in [4.78, 5) is 24.4. The average Bonchev–Trinajstić information content (AvgIpc) is 2.81. The summed E-state index contributed by atoms with van der Waals surface area (Å²) in [6.07, 6.45) is -0.228. The third kappa shape index (κ3) is 3.55. The van der Waals surface area contributed by atoms with Crippen LogP contribution in [0.25, 0.3) is 0 Å². The molecular weight excluding hydrogens is 266 g/mol. The quantitative estimate of drug-likeness (QED) is 0.731. The first-order valence-corrected chi connectivity index (χ1v) is 6.27. The summed E-state index contributed by atoms with van der Waals surface area (Å²) >= 11 is 0. The van der Waals surface area contributed by atoms with Crippen molar-refractivity contribution in [2.24, 2.45) is 0 Å². The number of carboxylic acid groups (broad SMARTS) is 1. The summed E-state index contributed by atoms with van der Waals surface area (Å²) in [6.45, 7) is 1.78. The van der Waals surface area contributed by atoms with Gasteiger partial charge in [-0.3, -0.25) is 14.5 Å². The zero-order valence-electron chi connectivity index (χ0n) is 11.2. The van der Waals surface area contributed by atoms with Gasteiger partial charge in [-0.1, -0.05) is 5.16 Å². The van der Waals surface area contributed by atoms with Gasteiger partial charge in [-0.25, -0.2) is 0 Å². The SMILES string of the molecule is COCc1cc(CN2CCNC(=O)C2CC(=O)O)no1. The molecule has 0 radical (unpaired) electrons. The van der Waals surface area contributed by atoms with Crippen molar-refractivity contribution in [2.45, 2.75) is 25.6 Å². The highest BCUT2D eigenvalue weighted by Gasteiger charge is 2.32. The van der Waals surface area contributed by atoms with Crippen LogP contribution in [-0.4, -0.2) is 53.3 Å². The first kappa shape index (κ1) is 14.5. The van der Waals surface area contributed by atoms with Gasteiger partial charge < -0.3 is 19.7 Å². The Hall–Kier alpha value is -1.93. The van der Waals surface area contributed by atoms with E-state index in [-0.39, 0.29) is 12.3 Å². The van der Waals surface area contributed by atoms with E-state index in [0.717, 1.165) is 0 Å². The number of rotatable bonds is 6. The highest BCUT2D eigenvalue weighted by molar-refractivity contribution is 5.86. The molecule has 20 heavy (non-hydrogen) atoms. The molecule has 1 aromatic rings. The lowest BCUT2D eigenvalue weighted by molar-refractivity contribution is -0.143. The minimum absolute atomic E-state index is 0.228. The van der Waals surface area contributed by atoms with Crippen LogP contribution in [-0.2, 0) is 27.5 Å². The van der Waals surface area contributed by atoms with Crippen LogP contribution in [0.5, 0.6) is 0 Å². The number of carbonyl (C=O) groups excluding carboxylic acids is 1. The van der Waals surface area contributed by atoms with Gasteiger partial charge in [0.05, 0.1) is 12.1 Å². The van der Waals surface area contributed by atoms with E-state index in [2.05, 4.69) is 10.5 Å². The smallest absolute Gasteiger partial charge is 0.305 e. The fourth-order valence-electron chi connectivity index (χ4n) is 2.19. The second kappa shape index (κ2) is 6.49. The number of piperazine rings is 1. The Balaban J connectivity index is 2.03. The molecule has 2 heterocycles. The zero-order chi connectivity index (χ0) is 14.5. The van der Waals surface area contributed by atoms with E-state index < -0.39 is 12.0 Å². The highest BCUT2D eigenvalue weighted by Crippen LogP contribution is 2.14. The van der Waals surface area contributed by atoms with E-state index >= 15 is 0 Å². The molecule has 2 N–H and O–H groups in total. The third-order valence-electron chi connectivity index (χ3n) is 3.07. The molecule has 0 bridgehead atoms. The van der Waals surface area contributed by atoms with E-state index in [1.807, 2.05) is 0 Å². The molecular formula is C12H17N3O5. The lowest BCUT2D eigenvalue weighted by Gasteiger charge is -2.33.